The van der Waals surface area contributed by atoms with Gasteiger partial charge in [0, 0.05) is 18.5 Å². The van der Waals surface area contributed by atoms with Gasteiger partial charge in [0.2, 0.25) is 5.91 Å². The number of nitrogens with zero attached hydrogens (tertiary/aromatic N) is 1. The van der Waals surface area contributed by atoms with E-state index in [4.69, 9.17) is 0 Å². The smallest absolute Gasteiger partial charge is 0.324 e. The standard InChI is InChI=1S/C12H9F3N2O/c1-7(18)17-10-6-9(12(13,14)15)5-8-3-2-4-16-11(8)10/h2-6H,1H3,(H,17,18). The minimum atomic E-state index is -4.46. The molecule has 1 amide bonds. The quantitative estimate of drug-likeness (QED) is 0.849. The van der Waals surface area contributed by atoms with Crippen molar-refractivity contribution in [1.29, 1.82) is 0 Å². The van der Waals surface area contributed by atoms with Crippen LogP contribution < -0.4 is 5.32 Å². The topological polar surface area (TPSA) is 42.0 Å². The number of nitrogens with one attached hydrogen (secondary N) is 1. The first-order valence-electron chi connectivity index (χ1n) is 5.11. The molecule has 1 aromatic carbocycles. The second-order valence-electron chi connectivity index (χ2n) is 3.78. The summed E-state index contributed by atoms with van der Waals surface area (Å²) >= 11 is 0. The maximum Gasteiger partial charge on any atom is 0.416 e. The molecule has 0 saturated carbocycles. The van der Waals surface area contributed by atoms with E-state index in [0.29, 0.717) is 10.9 Å². The highest BCUT2D eigenvalue weighted by Crippen LogP contribution is 2.34. The van der Waals surface area contributed by atoms with Crippen molar-refractivity contribution in [3.05, 3.63) is 36.0 Å². The van der Waals surface area contributed by atoms with E-state index in [1.165, 1.54) is 19.2 Å². The van der Waals surface area contributed by atoms with Crippen LogP contribution in [0.2, 0.25) is 0 Å². The fraction of sp³-hybridized carbons (Fsp3) is 0.167. The maximum absolute atomic E-state index is 12.7. The van der Waals surface area contributed by atoms with Crippen LogP contribution in [-0.2, 0) is 11.0 Å². The van der Waals surface area contributed by atoms with Crippen LogP contribution in [0.3, 0.4) is 0 Å². The Bertz CT molecular complexity index is 608. The lowest BCUT2D eigenvalue weighted by Crippen LogP contribution is -2.10. The molecule has 0 aliphatic rings. The van der Waals surface area contributed by atoms with Crippen LogP contribution in [0.15, 0.2) is 30.5 Å². The Morgan fingerprint density at radius 2 is 2.06 bits per heavy atom. The van der Waals surface area contributed by atoms with Gasteiger partial charge in [-0.05, 0) is 18.2 Å². The molecule has 2 rings (SSSR count). The number of rotatable bonds is 1. The molecule has 1 aromatic heterocycles. The van der Waals surface area contributed by atoms with Crippen molar-refractivity contribution < 1.29 is 18.0 Å². The molecule has 2 aromatic rings. The Morgan fingerprint density at radius 3 is 2.67 bits per heavy atom. The third kappa shape index (κ3) is 2.42. The Labute approximate surface area is 101 Å². The van der Waals surface area contributed by atoms with E-state index in [-0.39, 0.29) is 5.69 Å². The number of benzene rings is 1. The van der Waals surface area contributed by atoms with Gasteiger partial charge in [-0.25, -0.2) is 0 Å². The monoisotopic (exact) mass is 254 g/mol. The van der Waals surface area contributed by atoms with Crippen LogP contribution in [0.5, 0.6) is 0 Å². The number of fused-ring (bicyclic) bond motifs is 1. The van der Waals surface area contributed by atoms with Gasteiger partial charge < -0.3 is 5.32 Å². The molecular weight excluding hydrogens is 245 g/mol. The van der Waals surface area contributed by atoms with Crippen molar-refractivity contribution in [3.63, 3.8) is 0 Å². The molecule has 0 radical (unpaired) electrons. The highest BCUT2D eigenvalue weighted by molar-refractivity contribution is 5.99. The minimum Gasteiger partial charge on any atom is -0.324 e. The third-order valence-corrected chi connectivity index (χ3v) is 2.34. The van der Waals surface area contributed by atoms with Crippen LogP contribution in [0.25, 0.3) is 10.9 Å². The molecule has 3 nitrogen and oxygen atoms in total. The summed E-state index contributed by atoms with van der Waals surface area (Å²) in [6.45, 7) is 1.23. The molecule has 0 saturated heterocycles. The molecule has 0 unspecified atom stereocenters. The summed E-state index contributed by atoms with van der Waals surface area (Å²) in [5, 5.41) is 2.69. The average Bonchev–Trinajstić information content (AvgIpc) is 2.27. The van der Waals surface area contributed by atoms with E-state index in [1.54, 1.807) is 6.07 Å². The van der Waals surface area contributed by atoms with Gasteiger partial charge in [-0.1, -0.05) is 6.07 Å². The highest BCUT2D eigenvalue weighted by atomic mass is 19.4. The predicted octanol–water partition coefficient (Wildman–Crippen LogP) is 3.21. The Kier molecular flexibility index (Phi) is 2.94. The zero-order valence-electron chi connectivity index (χ0n) is 9.38. The van der Waals surface area contributed by atoms with Crippen molar-refractivity contribution in [2.24, 2.45) is 0 Å². The van der Waals surface area contributed by atoms with Crippen molar-refractivity contribution in [3.8, 4) is 0 Å². The Hall–Kier alpha value is -2.11. The summed E-state index contributed by atoms with van der Waals surface area (Å²) in [5.74, 6) is -0.443. The molecule has 0 bridgehead atoms. The normalized spacial score (nSPS) is 11.6. The molecule has 0 aliphatic carbocycles. The van der Waals surface area contributed by atoms with Gasteiger partial charge in [-0.15, -0.1) is 0 Å². The molecule has 0 fully saturated rings. The zero-order chi connectivity index (χ0) is 13.3. The molecule has 18 heavy (non-hydrogen) atoms. The van der Waals surface area contributed by atoms with Gasteiger partial charge >= 0.3 is 6.18 Å². The number of alkyl halides is 3. The maximum atomic E-state index is 12.7. The lowest BCUT2D eigenvalue weighted by Gasteiger charge is -2.12. The second kappa shape index (κ2) is 4.29. The van der Waals surface area contributed by atoms with E-state index >= 15 is 0 Å². The van der Waals surface area contributed by atoms with E-state index in [1.807, 2.05) is 0 Å². The van der Waals surface area contributed by atoms with Crippen LogP contribution in [0, 0.1) is 0 Å². The van der Waals surface area contributed by atoms with Crippen LogP contribution in [0.1, 0.15) is 12.5 Å². The Morgan fingerprint density at radius 1 is 1.33 bits per heavy atom. The summed E-state index contributed by atoms with van der Waals surface area (Å²) in [6, 6.07) is 4.95. The second-order valence-corrected chi connectivity index (χ2v) is 3.78. The van der Waals surface area contributed by atoms with Crippen LogP contribution in [-0.4, -0.2) is 10.9 Å². The Balaban J connectivity index is 2.68. The van der Waals surface area contributed by atoms with Gasteiger partial charge in [0.25, 0.3) is 0 Å². The predicted molar refractivity (Wildman–Crippen MR) is 61.0 cm³/mol. The number of carbonyl (C=O) groups is 1. The van der Waals surface area contributed by atoms with Crippen LogP contribution in [0.4, 0.5) is 18.9 Å². The summed E-state index contributed by atoms with van der Waals surface area (Å²) in [5.41, 5.74) is -0.416. The van der Waals surface area contributed by atoms with Crippen LogP contribution >= 0.6 is 0 Å². The molecule has 6 heteroatoms. The molecule has 94 valence electrons. The minimum absolute atomic E-state index is 0.0629. The fourth-order valence-electron chi connectivity index (χ4n) is 1.64. The van der Waals surface area contributed by atoms with E-state index in [0.717, 1.165) is 12.1 Å². The summed E-state index contributed by atoms with van der Waals surface area (Å²) in [7, 11) is 0. The first kappa shape index (κ1) is 12.3. The van der Waals surface area contributed by atoms with Gasteiger partial charge in [-0.3, -0.25) is 9.78 Å². The number of hydrogen-bond acceptors (Lipinski definition) is 2. The lowest BCUT2D eigenvalue weighted by molar-refractivity contribution is -0.137. The van der Waals surface area contributed by atoms with E-state index < -0.39 is 17.6 Å². The van der Waals surface area contributed by atoms with Crippen molar-refractivity contribution in [2.45, 2.75) is 13.1 Å². The highest BCUT2D eigenvalue weighted by Gasteiger charge is 2.31. The average molecular weight is 254 g/mol. The van der Waals surface area contributed by atoms with Gasteiger partial charge in [0.1, 0.15) is 0 Å². The zero-order valence-corrected chi connectivity index (χ0v) is 9.38. The molecule has 0 atom stereocenters. The first-order chi connectivity index (χ1) is 8.38. The first-order valence-corrected chi connectivity index (χ1v) is 5.11. The SMILES string of the molecule is CC(=O)Nc1cc(C(F)(F)F)cc2cccnc12. The molecule has 1 heterocycles. The van der Waals surface area contributed by atoms with Crippen molar-refractivity contribution in [1.82, 2.24) is 4.98 Å². The molecular formula is C12H9F3N2O. The number of aromatic nitrogens is 1. The van der Waals surface area contributed by atoms with Gasteiger partial charge in [-0.2, -0.15) is 13.2 Å². The van der Waals surface area contributed by atoms with Crippen molar-refractivity contribution >= 4 is 22.5 Å². The van der Waals surface area contributed by atoms with Crippen molar-refractivity contribution in [2.75, 3.05) is 5.32 Å². The summed E-state index contributed by atoms with van der Waals surface area (Å²) in [4.78, 5) is 15.0. The number of pyridine rings is 1. The summed E-state index contributed by atoms with van der Waals surface area (Å²) in [6.07, 6.45) is -3.00. The molecule has 0 spiro atoms. The molecule has 1 N–H and O–H groups in total. The number of hydrogen-bond donors (Lipinski definition) is 1. The van der Waals surface area contributed by atoms with E-state index in [2.05, 4.69) is 10.3 Å². The van der Waals surface area contributed by atoms with E-state index in [9.17, 15) is 18.0 Å². The van der Waals surface area contributed by atoms with Gasteiger partial charge in [0.15, 0.2) is 0 Å². The number of amides is 1. The summed E-state index contributed by atoms with van der Waals surface area (Å²) < 4.78 is 38.1. The molecule has 0 aliphatic heterocycles. The third-order valence-electron chi connectivity index (χ3n) is 2.34. The largest absolute Gasteiger partial charge is 0.416 e. The fourth-order valence-corrected chi connectivity index (χ4v) is 1.64. The number of anilines is 1. The number of halogens is 3. The van der Waals surface area contributed by atoms with Gasteiger partial charge in [0.05, 0.1) is 16.8 Å². The number of carbonyl (C=O) groups excluding carboxylic acids is 1. The lowest BCUT2D eigenvalue weighted by atomic mass is 10.1.